The molecule has 0 aliphatic carbocycles. The molecule has 0 aromatic heterocycles. The lowest BCUT2D eigenvalue weighted by atomic mass is 10.2. The van der Waals surface area contributed by atoms with Gasteiger partial charge in [-0.05, 0) is 32.9 Å². The van der Waals surface area contributed by atoms with Crippen LogP contribution in [0, 0.1) is 5.82 Å². The van der Waals surface area contributed by atoms with Crippen LogP contribution in [0.5, 0.6) is 0 Å². The van der Waals surface area contributed by atoms with Gasteiger partial charge < -0.3 is 20.3 Å². The van der Waals surface area contributed by atoms with E-state index in [1.165, 1.54) is 25.2 Å². The Balaban J connectivity index is 2.30. The Kier molecular flexibility index (Phi) is 7.35. The highest BCUT2D eigenvalue weighted by molar-refractivity contribution is 5.94. The normalized spacial score (nSPS) is 10.8. The summed E-state index contributed by atoms with van der Waals surface area (Å²) in [4.78, 5) is 36.4. The number of halogens is 1. The van der Waals surface area contributed by atoms with Crippen LogP contribution in [0.25, 0.3) is 0 Å². The monoisotopic (exact) mass is 353 g/mol. The first kappa shape index (κ1) is 20.4. The number of amides is 3. The van der Waals surface area contributed by atoms with Gasteiger partial charge in [0.1, 0.15) is 18.0 Å². The van der Waals surface area contributed by atoms with Crippen molar-refractivity contribution in [1.82, 2.24) is 15.5 Å². The fourth-order valence-electron chi connectivity index (χ4n) is 1.79. The number of carbonyl (C=O) groups is 3. The maximum Gasteiger partial charge on any atom is 0.410 e. The summed E-state index contributed by atoms with van der Waals surface area (Å²) in [6, 6.07) is 5.63. The number of benzene rings is 1. The quantitative estimate of drug-likeness (QED) is 0.760. The predicted molar refractivity (Wildman–Crippen MR) is 90.6 cm³/mol. The first-order valence-corrected chi connectivity index (χ1v) is 7.83. The van der Waals surface area contributed by atoms with Crippen molar-refractivity contribution in [3.05, 3.63) is 35.6 Å². The molecule has 1 aromatic carbocycles. The maximum absolute atomic E-state index is 13.4. The van der Waals surface area contributed by atoms with Crippen molar-refractivity contribution >= 4 is 17.9 Å². The highest BCUT2D eigenvalue weighted by Crippen LogP contribution is 2.08. The molecule has 0 radical (unpaired) electrons. The molecular weight excluding hydrogens is 329 g/mol. The number of carbonyl (C=O) groups excluding carboxylic acids is 3. The van der Waals surface area contributed by atoms with E-state index < -0.39 is 29.3 Å². The summed E-state index contributed by atoms with van der Waals surface area (Å²) < 4.78 is 18.6. The van der Waals surface area contributed by atoms with E-state index in [-0.39, 0.29) is 25.2 Å². The summed E-state index contributed by atoms with van der Waals surface area (Å²) in [6.07, 6.45) is -0.601. The Morgan fingerprint density at radius 3 is 2.32 bits per heavy atom. The van der Waals surface area contributed by atoms with Crippen LogP contribution >= 0.6 is 0 Å². The fourth-order valence-corrected chi connectivity index (χ4v) is 1.79. The number of hydrogen-bond donors (Lipinski definition) is 2. The van der Waals surface area contributed by atoms with Crippen LogP contribution in [0.15, 0.2) is 24.3 Å². The first-order valence-electron chi connectivity index (χ1n) is 7.83. The Morgan fingerprint density at radius 1 is 1.12 bits per heavy atom. The standard InChI is InChI=1S/C17H24FN3O4/c1-17(2,3)25-16(24)21(4)11-14(22)19-9-10-20-15(23)12-7-5-6-8-13(12)18/h5-8H,9-11H2,1-4H3,(H,19,22)(H,20,23). The molecule has 7 nitrogen and oxygen atoms in total. The third kappa shape index (κ3) is 7.65. The molecule has 3 amide bonds. The van der Waals surface area contributed by atoms with Gasteiger partial charge in [-0.1, -0.05) is 12.1 Å². The lowest BCUT2D eigenvalue weighted by molar-refractivity contribution is -0.121. The van der Waals surface area contributed by atoms with Crippen LogP contribution in [0.1, 0.15) is 31.1 Å². The average molecular weight is 353 g/mol. The second kappa shape index (κ2) is 9.00. The molecule has 0 saturated heterocycles. The van der Waals surface area contributed by atoms with Crippen LogP contribution in [0.3, 0.4) is 0 Å². The molecule has 0 unspecified atom stereocenters. The highest BCUT2D eigenvalue weighted by Gasteiger charge is 2.21. The third-order valence-electron chi connectivity index (χ3n) is 2.94. The summed E-state index contributed by atoms with van der Waals surface area (Å²) >= 11 is 0. The summed E-state index contributed by atoms with van der Waals surface area (Å²) in [5, 5.41) is 5.06. The van der Waals surface area contributed by atoms with E-state index >= 15 is 0 Å². The molecule has 0 heterocycles. The van der Waals surface area contributed by atoms with Crippen molar-refractivity contribution < 1.29 is 23.5 Å². The van der Waals surface area contributed by atoms with Crippen molar-refractivity contribution in [2.45, 2.75) is 26.4 Å². The average Bonchev–Trinajstić information content (AvgIpc) is 2.50. The van der Waals surface area contributed by atoms with Crippen molar-refractivity contribution in [3.63, 3.8) is 0 Å². The van der Waals surface area contributed by atoms with E-state index in [2.05, 4.69) is 10.6 Å². The van der Waals surface area contributed by atoms with Crippen molar-refractivity contribution in [2.24, 2.45) is 0 Å². The van der Waals surface area contributed by atoms with Crippen molar-refractivity contribution in [1.29, 1.82) is 0 Å². The molecule has 0 aliphatic rings. The van der Waals surface area contributed by atoms with Gasteiger partial charge in [0.05, 0.1) is 5.56 Å². The molecule has 1 aromatic rings. The zero-order chi connectivity index (χ0) is 19.0. The summed E-state index contributed by atoms with van der Waals surface area (Å²) in [5.41, 5.74) is -0.697. The summed E-state index contributed by atoms with van der Waals surface area (Å²) in [6.45, 7) is 5.32. The molecule has 8 heteroatoms. The Bertz CT molecular complexity index is 629. The minimum Gasteiger partial charge on any atom is -0.444 e. The molecule has 0 bridgehead atoms. The van der Waals surface area contributed by atoms with Gasteiger partial charge in [-0.25, -0.2) is 9.18 Å². The van der Waals surface area contributed by atoms with Gasteiger partial charge in [-0.15, -0.1) is 0 Å². The number of hydrogen-bond acceptors (Lipinski definition) is 4. The second-order valence-corrected chi connectivity index (χ2v) is 6.42. The lowest BCUT2D eigenvalue weighted by Crippen LogP contribution is -2.42. The van der Waals surface area contributed by atoms with Crippen molar-refractivity contribution in [2.75, 3.05) is 26.7 Å². The van der Waals surface area contributed by atoms with Crippen LogP contribution in [0.2, 0.25) is 0 Å². The van der Waals surface area contributed by atoms with E-state index in [0.717, 1.165) is 4.90 Å². The second-order valence-electron chi connectivity index (χ2n) is 6.42. The molecule has 0 atom stereocenters. The zero-order valence-corrected chi connectivity index (χ0v) is 14.9. The lowest BCUT2D eigenvalue weighted by Gasteiger charge is -2.24. The number of rotatable bonds is 6. The first-order chi connectivity index (χ1) is 11.6. The van der Waals surface area contributed by atoms with E-state index in [1.807, 2.05) is 0 Å². The van der Waals surface area contributed by atoms with E-state index in [0.29, 0.717) is 0 Å². The van der Waals surface area contributed by atoms with Crippen LogP contribution in [0.4, 0.5) is 9.18 Å². The fraction of sp³-hybridized carbons (Fsp3) is 0.471. The summed E-state index contributed by atoms with van der Waals surface area (Å²) in [7, 11) is 1.45. The van der Waals surface area contributed by atoms with Gasteiger partial charge >= 0.3 is 6.09 Å². The molecule has 0 aliphatic heterocycles. The molecular formula is C17H24FN3O4. The molecule has 0 spiro atoms. The minimum atomic E-state index is -0.640. The number of ether oxygens (including phenoxy) is 1. The van der Waals surface area contributed by atoms with E-state index in [4.69, 9.17) is 4.74 Å². The van der Waals surface area contributed by atoms with Crippen LogP contribution in [-0.4, -0.2) is 55.1 Å². The largest absolute Gasteiger partial charge is 0.444 e. The van der Waals surface area contributed by atoms with Gasteiger partial charge in [0, 0.05) is 20.1 Å². The van der Waals surface area contributed by atoms with Gasteiger partial charge in [-0.2, -0.15) is 0 Å². The van der Waals surface area contributed by atoms with Gasteiger partial charge in [0.2, 0.25) is 5.91 Å². The molecule has 0 saturated carbocycles. The maximum atomic E-state index is 13.4. The molecule has 25 heavy (non-hydrogen) atoms. The van der Waals surface area contributed by atoms with Crippen LogP contribution < -0.4 is 10.6 Å². The smallest absolute Gasteiger partial charge is 0.410 e. The van der Waals surface area contributed by atoms with Crippen LogP contribution in [-0.2, 0) is 9.53 Å². The predicted octanol–water partition coefficient (Wildman–Crippen LogP) is 1.54. The zero-order valence-electron chi connectivity index (χ0n) is 14.9. The number of nitrogens with zero attached hydrogens (tertiary/aromatic N) is 1. The Hall–Kier alpha value is -2.64. The topological polar surface area (TPSA) is 87.7 Å². The highest BCUT2D eigenvalue weighted by atomic mass is 19.1. The number of nitrogens with one attached hydrogen (secondary N) is 2. The SMILES string of the molecule is CN(CC(=O)NCCNC(=O)c1ccccc1F)C(=O)OC(C)(C)C. The Morgan fingerprint density at radius 2 is 1.72 bits per heavy atom. The van der Waals surface area contributed by atoms with E-state index in [9.17, 15) is 18.8 Å². The van der Waals surface area contributed by atoms with Crippen molar-refractivity contribution in [3.8, 4) is 0 Å². The van der Waals surface area contributed by atoms with E-state index in [1.54, 1.807) is 26.8 Å². The van der Waals surface area contributed by atoms with Gasteiger partial charge in [-0.3, -0.25) is 9.59 Å². The van der Waals surface area contributed by atoms with Gasteiger partial charge in [0.25, 0.3) is 5.91 Å². The summed E-state index contributed by atoms with van der Waals surface area (Å²) in [5.74, 6) is -1.56. The molecule has 138 valence electrons. The minimum absolute atomic E-state index is 0.0570. The molecule has 1 rings (SSSR count). The Labute approximate surface area is 146 Å². The molecule has 2 N–H and O–H groups in total. The number of likely N-dealkylation sites (N-methyl/N-ethyl adjacent to an activating group) is 1. The van der Waals surface area contributed by atoms with Gasteiger partial charge in [0.15, 0.2) is 0 Å². The third-order valence-corrected chi connectivity index (χ3v) is 2.94. The molecule has 0 fully saturated rings.